The number of hydrogen-bond donors (Lipinski definition) is 2. The molecular formula is C12H18N2O5S. The summed E-state index contributed by atoms with van der Waals surface area (Å²) in [5.41, 5.74) is 0.532. The maximum Gasteiger partial charge on any atom is 0.241 e. The normalized spacial score (nSPS) is 11.2. The Kier molecular flexibility index (Phi) is 5.93. The molecule has 3 N–H and O–H groups in total. The van der Waals surface area contributed by atoms with E-state index in [1.54, 1.807) is 6.07 Å². The average molecular weight is 302 g/mol. The van der Waals surface area contributed by atoms with E-state index in [4.69, 9.17) is 14.6 Å². The van der Waals surface area contributed by atoms with Crippen molar-refractivity contribution in [3.63, 3.8) is 0 Å². The van der Waals surface area contributed by atoms with Crippen LogP contribution in [0.15, 0.2) is 23.1 Å². The SMILES string of the molecule is COCCNC(=O)Cc1ccc(OC)c(S(N)(=O)=O)c1. The van der Waals surface area contributed by atoms with Gasteiger partial charge in [-0.3, -0.25) is 4.79 Å². The first-order valence-electron chi connectivity index (χ1n) is 5.84. The highest BCUT2D eigenvalue weighted by Gasteiger charge is 2.16. The number of sulfonamides is 1. The van der Waals surface area contributed by atoms with Crippen LogP contribution >= 0.6 is 0 Å². The van der Waals surface area contributed by atoms with Gasteiger partial charge in [0.05, 0.1) is 20.1 Å². The van der Waals surface area contributed by atoms with Crippen molar-refractivity contribution >= 4 is 15.9 Å². The van der Waals surface area contributed by atoms with E-state index in [1.807, 2.05) is 0 Å². The van der Waals surface area contributed by atoms with Crippen molar-refractivity contribution in [3.8, 4) is 5.75 Å². The predicted molar refractivity (Wildman–Crippen MR) is 73.0 cm³/mol. The van der Waals surface area contributed by atoms with Crippen LogP contribution in [0.5, 0.6) is 5.75 Å². The van der Waals surface area contributed by atoms with E-state index >= 15 is 0 Å². The molecule has 0 aromatic heterocycles. The first-order chi connectivity index (χ1) is 9.38. The van der Waals surface area contributed by atoms with Gasteiger partial charge >= 0.3 is 0 Å². The largest absolute Gasteiger partial charge is 0.495 e. The van der Waals surface area contributed by atoms with Crippen LogP contribution in [-0.2, 0) is 26.0 Å². The summed E-state index contributed by atoms with van der Waals surface area (Å²) < 4.78 is 32.6. The lowest BCUT2D eigenvalue weighted by atomic mass is 10.1. The second-order valence-corrected chi connectivity index (χ2v) is 5.58. The predicted octanol–water partition coefficient (Wildman–Crippen LogP) is -0.352. The third-order valence-electron chi connectivity index (χ3n) is 2.53. The molecule has 0 unspecified atom stereocenters. The number of primary sulfonamides is 1. The number of benzene rings is 1. The summed E-state index contributed by atoms with van der Waals surface area (Å²) in [6.07, 6.45) is 0.0518. The summed E-state index contributed by atoms with van der Waals surface area (Å²) in [6, 6.07) is 4.42. The van der Waals surface area contributed by atoms with Crippen molar-refractivity contribution in [2.45, 2.75) is 11.3 Å². The standard InChI is InChI=1S/C12H18N2O5S/c1-18-6-5-14-12(15)8-9-3-4-10(19-2)11(7-9)20(13,16)17/h3-4,7H,5-6,8H2,1-2H3,(H,14,15)(H2,13,16,17). The van der Waals surface area contributed by atoms with E-state index < -0.39 is 10.0 Å². The Bertz CT molecular complexity index is 571. The maximum atomic E-state index is 11.6. The van der Waals surface area contributed by atoms with E-state index in [2.05, 4.69) is 5.32 Å². The van der Waals surface area contributed by atoms with E-state index in [0.717, 1.165) is 0 Å². The molecule has 0 heterocycles. The monoisotopic (exact) mass is 302 g/mol. The number of amides is 1. The van der Waals surface area contributed by atoms with Crippen LogP contribution in [0, 0.1) is 0 Å². The number of nitrogens with one attached hydrogen (secondary N) is 1. The molecule has 1 rings (SSSR count). The Morgan fingerprint density at radius 3 is 2.60 bits per heavy atom. The van der Waals surface area contributed by atoms with Gasteiger partial charge in [-0.05, 0) is 17.7 Å². The van der Waals surface area contributed by atoms with E-state index in [-0.39, 0.29) is 23.0 Å². The van der Waals surface area contributed by atoms with Crippen LogP contribution in [-0.4, -0.2) is 41.7 Å². The molecule has 0 bridgehead atoms. The zero-order chi connectivity index (χ0) is 15.2. The van der Waals surface area contributed by atoms with Crippen LogP contribution in [0.1, 0.15) is 5.56 Å². The minimum atomic E-state index is -3.90. The molecule has 1 aromatic rings. The molecule has 0 spiro atoms. The molecule has 7 nitrogen and oxygen atoms in total. The molecule has 0 atom stereocenters. The van der Waals surface area contributed by atoms with Gasteiger partial charge in [-0.2, -0.15) is 0 Å². The van der Waals surface area contributed by atoms with Crippen LogP contribution in [0.25, 0.3) is 0 Å². The Labute approximate surface area is 118 Å². The second-order valence-electron chi connectivity index (χ2n) is 4.05. The lowest BCUT2D eigenvalue weighted by molar-refractivity contribution is -0.120. The van der Waals surface area contributed by atoms with Crippen LogP contribution in [0.2, 0.25) is 0 Å². The molecule has 1 aromatic carbocycles. The van der Waals surface area contributed by atoms with Gasteiger partial charge in [-0.15, -0.1) is 0 Å². The van der Waals surface area contributed by atoms with Crippen LogP contribution < -0.4 is 15.2 Å². The Morgan fingerprint density at radius 2 is 2.05 bits per heavy atom. The molecule has 112 valence electrons. The highest BCUT2D eigenvalue weighted by atomic mass is 32.2. The van der Waals surface area contributed by atoms with Crippen molar-refractivity contribution < 1.29 is 22.7 Å². The van der Waals surface area contributed by atoms with Gasteiger partial charge < -0.3 is 14.8 Å². The van der Waals surface area contributed by atoms with Crippen molar-refractivity contribution in [1.82, 2.24) is 5.32 Å². The minimum absolute atomic E-state index is 0.0518. The van der Waals surface area contributed by atoms with Gasteiger partial charge in [0.2, 0.25) is 15.9 Å². The fourth-order valence-electron chi connectivity index (χ4n) is 1.59. The number of ether oxygens (including phenoxy) is 2. The quantitative estimate of drug-likeness (QED) is 0.669. The number of carbonyl (C=O) groups is 1. The molecule has 0 aliphatic carbocycles. The molecule has 0 aliphatic heterocycles. The second kappa shape index (κ2) is 7.22. The number of methoxy groups -OCH3 is 2. The first-order valence-corrected chi connectivity index (χ1v) is 7.38. The summed E-state index contributed by atoms with van der Waals surface area (Å²) in [7, 11) is -1.02. The fourth-order valence-corrected chi connectivity index (χ4v) is 2.34. The molecule has 0 saturated carbocycles. The van der Waals surface area contributed by atoms with Gasteiger partial charge in [0.1, 0.15) is 10.6 Å². The van der Waals surface area contributed by atoms with Crippen molar-refractivity contribution in [3.05, 3.63) is 23.8 Å². The number of nitrogens with two attached hydrogens (primary N) is 1. The van der Waals surface area contributed by atoms with Gasteiger partial charge in [-0.1, -0.05) is 6.07 Å². The third-order valence-corrected chi connectivity index (χ3v) is 3.46. The van der Waals surface area contributed by atoms with Crippen molar-refractivity contribution in [2.24, 2.45) is 5.14 Å². The van der Waals surface area contributed by atoms with Gasteiger partial charge in [0, 0.05) is 13.7 Å². The Balaban J connectivity index is 2.85. The van der Waals surface area contributed by atoms with Gasteiger partial charge in [0.15, 0.2) is 0 Å². The number of rotatable bonds is 7. The molecular weight excluding hydrogens is 284 g/mol. The summed E-state index contributed by atoms with van der Waals surface area (Å²) in [5, 5.41) is 7.75. The molecule has 0 saturated heterocycles. The highest BCUT2D eigenvalue weighted by Crippen LogP contribution is 2.23. The molecule has 8 heteroatoms. The summed E-state index contributed by atoms with van der Waals surface area (Å²) >= 11 is 0. The summed E-state index contributed by atoms with van der Waals surface area (Å²) in [4.78, 5) is 11.5. The molecule has 0 radical (unpaired) electrons. The van der Waals surface area contributed by atoms with E-state index in [9.17, 15) is 13.2 Å². The van der Waals surface area contributed by atoms with Gasteiger partial charge in [0.25, 0.3) is 0 Å². The average Bonchev–Trinajstić information content (AvgIpc) is 2.38. The molecule has 20 heavy (non-hydrogen) atoms. The molecule has 0 fully saturated rings. The summed E-state index contributed by atoms with van der Waals surface area (Å²) in [6.45, 7) is 0.810. The van der Waals surface area contributed by atoms with Crippen molar-refractivity contribution in [2.75, 3.05) is 27.4 Å². The maximum absolute atomic E-state index is 11.6. The topological polar surface area (TPSA) is 108 Å². The van der Waals surface area contributed by atoms with Crippen LogP contribution in [0.3, 0.4) is 0 Å². The third kappa shape index (κ3) is 4.80. The van der Waals surface area contributed by atoms with E-state index in [0.29, 0.717) is 18.7 Å². The zero-order valence-corrected chi connectivity index (χ0v) is 12.2. The van der Waals surface area contributed by atoms with Crippen LogP contribution in [0.4, 0.5) is 0 Å². The molecule has 0 aliphatic rings. The lowest BCUT2D eigenvalue weighted by Crippen LogP contribution is -2.28. The number of hydrogen-bond acceptors (Lipinski definition) is 5. The molecule has 1 amide bonds. The minimum Gasteiger partial charge on any atom is -0.495 e. The first kappa shape index (κ1) is 16.4. The highest BCUT2D eigenvalue weighted by molar-refractivity contribution is 7.89. The zero-order valence-electron chi connectivity index (χ0n) is 11.4. The fraction of sp³-hybridized carbons (Fsp3) is 0.417. The van der Waals surface area contributed by atoms with Gasteiger partial charge in [-0.25, -0.2) is 13.6 Å². The van der Waals surface area contributed by atoms with Crippen molar-refractivity contribution in [1.29, 1.82) is 0 Å². The summed E-state index contributed by atoms with van der Waals surface area (Å²) in [5.74, 6) is -0.0800. The lowest BCUT2D eigenvalue weighted by Gasteiger charge is -2.09. The van der Waals surface area contributed by atoms with E-state index in [1.165, 1.54) is 26.4 Å². The Morgan fingerprint density at radius 1 is 1.35 bits per heavy atom. The Hall–Kier alpha value is -1.64. The smallest absolute Gasteiger partial charge is 0.241 e. The number of carbonyl (C=O) groups excluding carboxylic acids is 1.